The van der Waals surface area contributed by atoms with Gasteiger partial charge in [-0.1, -0.05) is 29.8 Å². The summed E-state index contributed by atoms with van der Waals surface area (Å²) in [7, 11) is 1.74. The summed E-state index contributed by atoms with van der Waals surface area (Å²) in [5.41, 5.74) is 2.70. The lowest BCUT2D eigenvalue weighted by Gasteiger charge is -2.16. The Kier molecular flexibility index (Phi) is 5.77. The van der Waals surface area contributed by atoms with Crippen molar-refractivity contribution in [2.24, 2.45) is 0 Å². The smallest absolute Gasteiger partial charge is 0.278 e. The van der Waals surface area contributed by atoms with E-state index in [2.05, 4.69) is 21.4 Å². The Hall–Kier alpha value is -2.69. The second-order valence-corrected chi connectivity index (χ2v) is 6.27. The fourth-order valence-electron chi connectivity index (χ4n) is 2.95. The number of anilines is 2. The molecule has 1 aliphatic rings. The van der Waals surface area contributed by atoms with E-state index >= 15 is 0 Å². The third-order valence-corrected chi connectivity index (χ3v) is 4.46. The Morgan fingerprint density at radius 3 is 2.68 bits per heavy atom. The van der Waals surface area contributed by atoms with Crippen molar-refractivity contribution in [1.82, 2.24) is 9.97 Å². The van der Waals surface area contributed by atoms with Crippen LogP contribution in [0, 0.1) is 0 Å². The molecule has 1 aromatic heterocycles. The second-order valence-electron chi connectivity index (χ2n) is 6.27. The molecule has 130 valence electrons. The number of aromatic nitrogens is 2. The Morgan fingerprint density at radius 1 is 1.16 bits per heavy atom. The Morgan fingerprint density at radius 2 is 2.00 bits per heavy atom. The number of para-hydroxylation sites is 1. The minimum absolute atomic E-state index is 0.169. The van der Waals surface area contributed by atoms with E-state index in [0.717, 1.165) is 18.7 Å². The lowest BCUT2D eigenvalue weighted by Crippen LogP contribution is -2.27. The Labute approximate surface area is 148 Å². The first-order valence-electron chi connectivity index (χ1n) is 8.81. The molecule has 3 rings (SSSR count). The number of amides is 1. The predicted molar refractivity (Wildman–Crippen MR) is 101 cm³/mol. The summed E-state index contributed by atoms with van der Waals surface area (Å²) in [6.45, 7) is 0.845. The third-order valence-electron chi connectivity index (χ3n) is 4.46. The standard InChI is InChI=1S/C20H24N4O/c1-24(17-10-6-3-7-11-17)20(25)18-14-23-19(15-22-18)21-13-12-16-8-4-2-5-9-16/h3,6-8,10-11,14-15H,2,4-5,9,12-13H2,1H3,(H,21,23). The summed E-state index contributed by atoms with van der Waals surface area (Å²) < 4.78 is 0. The van der Waals surface area contributed by atoms with Crippen molar-refractivity contribution in [3.05, 3.63) is 60.1 Å². The van der Waals surface area contributed by atoms with Crippen LogP contribution in [0.15, 0.2) is 54.4 Å². The number of hydrogen-bond acceptors (Lipinski definition) is 4. The summed E-state index contributed by atoms with van der Waals surface area (Å²) in [5.74, 6) is 0.535. The predicted octanol–water partition coefficient (Wildman–Crippen LogP) is 4.06. The molecule has 2 aromatic rings. The first-order chi connectivity index (χ1) is 12.2. The van der Waals surface area contributed by atoms with Crippen molar-refractivity contribution in [3.8, 4) is 0 Å². The number of nitrogens with one attached hydrogen (secondary N) is 1. The zero-order valence-corrected chi connectivity index (χ0v) is 14.6. The fraction of sp³-hybridized carbons (Fsp3) is 0.350. The maximum Gasteiger partial charge on any atom is 0.278 e. The SMILES string of the molecule is CN(C(=O)c1cnc(NCCC2=CCCCC2)cn1)c1ccccc1. The average molecular weight is 336 g/mol. The van der Waals surface area contributed by atoms with Crippen molar-refractivity contribution in [3.63, 3.8) is 0 Å². The zero-order valence-electron chi connectivity index (χ0n) is 14.6. The van der Waals surface area contributed by atoms with Crippen molar-refractivity contribution >= 4 is 17.4 Å². The quantitative estimate of drug-likeness (QED) is 0.808. The number of carbonyl (C=O) groups is 1. The molecule has 1 heterocycles. The van der Waals surface area contributed by atoms with Gasteiger partial charge in [-0.25, -0.2) is 9.97 Å². The fourth-order valence-corrected chi connectivity index (χ4v) is 2.95. The number of nitrogens with zero attached hydrogens (tertiary/aromatic N) is 3. The van der Waals surface area contributed by atoms with Gasteiger partial charge in [0.15, 0.2) is 0 Å². The zero-order chi connectivity index (χ0) is 17.5. The number of allylic oxidation sites excluding steroid dienone is 1. The van der Waals surface area contributed by atoms with Gasteiger partial charge in [0, 0.05) is 19.3 Å². The minimum Gasteiger partial charge on any atom is -0.368 e. The molecular formula is C20H24N4O. The van der Waals surface area contributed by atoms with E-state index in [-0.39, 0.29) is 5.91 Å². The minimum atomic E-state index is -0.169. The van der Waals surface area contributed by atoms with Gasteiger partial charge in [-0.05, 0) is 44.2 Å². The van der Waals surface area contributed by atoms with E-state index in [0.29, 0.717) is 11.5 Å². The lowest BCUT2D eigenvalue weighted by molar-refractivity contribution is 0.0988. The molecule has 1 N–H and O–H groups in total. The molecule has 0 saturated heterocycles. The van der Waals surface area contributed by atoms with Crippen LogP contribution in [0.5, 0.6) is 0 Å². The van der Waals surface area contributed by atoms with Crippen LogP contribution in [0.1, 0.15) is 42.6 Å². The van der Waals surface area contributed by atoms with Crippen molar-refractivity contribution in [1.29, 1.82) is 0 Å². The van der Waals surface area contributed by atoms with E-state index in [4.69, 9.17) is 0 Å². The van der Waals surface area contributed by atoms with Crippen LogP contribution in [-0.2, 0) is 0 Å². The molecule has 0 unspecified atom stereocenters. The van der Waals surface area contributed by atoms with Crippen LogP contribution in [0.4, 0.5) is 11.5 Å². The molecular weight excluding hydrogens is 312 g/mol. The highest BCUT2D eigenvalue weighted by molar-refractivity contribution is 6.04. The van der Waals surface area contributed by atoms with E-state index in [1.807, 2.05) is 30.3 Å². The van der Waals surface area contributed by atoms with Gasteiger partial charge in [-0.2, -0.15) is 0 Å². The second kappa shape index (κ2) is 8.42. The van der Waals surface area contributed by atoms with Gasteiger partial charge in [0.1, 0.15) is 11.5 Å². The van der Waals surface area contributed by atoms with E-state index in [9.17, 15) is 4.79 Å². The summed E-state index contributed by atoms with van der Waals surface area (Å²) in [4.78, 5) is 22.6. The van der Waals surface area contributed by atoms with Gasteiger partial charge in [0.05, 0.1) is 12.4 Å². The summed E-state index contributed by atoms with van der Waals surface area (Å²) >= 11 is 0. The summed E-state index contributed by atoms with van der Waals surface area (Å²) in [6.07, 6.45) is 11.6. The average Bonchev–Trinajstić information content (AvgIpc) is 2.69. The van der Waals surface area contributed by atoms with Crippen LogP contribution in [-0.4, -0.2) is 29.5 Å². The van der Waals surface area contributed by atoms with Crippen LogP contribution < -0.4 is 10.2 Å². The number of carbonyl (C=O) groups excluding carboxylic acids is 1. The highest BCUT2D eigenvalue weighted by atomic mass is 16.2. The van der Waals surface area contributed by atoms with Gasteiger partial charge >= 0.3 is 0 Å². The van der Waals surface area contributed by atoms with Crippen LogP contribution in [0.2, 0.25) is 0 Å². The first-order valence-corrected chi connectivity index (χ1v) is 8.81. The van der Waals surface area contributed by atoms with Crippen molar-refractivity contribution < 1.29 is 4.79 Å². The van der Waals surface area contributed by atoms with Gasteiger partial charge < -0.3 is 10.2 Å². The molecule has 5 nitrogen and oxygen atoms in total. The molecule has 25 heavy (non-hydrogen) atoms. The molecule has 0 bridgehead atoms. The van der Waals surface area contributed by atoms with E-state index in [1.54, 1.807) is 18.1 Å². The molecule has 0 aliphatic heterocycles. The molecule has 0 spiro atoms. The largest absolute Gasteiger partial charge is 0.368 e. The molecule has 0 saturated carbocycles. The molecule has 1 amide bonds. The third kappa shape index (κ3) is 4.66. The first kappa shape index (κ1) is 17.1. The lowest BCUT2D eigenvalue weighted by atomic mass is 9.97. The van der Waals surface area contributed by atoms with Gasteiger partial charge in [0.25, 0.3) is 5.91 Å². The number of benzene rings is 1. The topological polar surface area (TPSA) is 58.1 Å². The summed E-state index contributed by atoms with van der Waals surface area (Å²) in [5, 5.41) is 3.28. The molecule has 0 atom stereocenters. The van der Waals surface area contributed by atoms with Gasteiger partial charge in [-0.3, -0.25) is 4.79 Å². The van der Waals surface area contributed by atoms with Gasteiger partial charge in [-0.15, -0.1) is 0 Å². The Bertz CT molecular complexity index is 725. The van der Waals surface area contributed by atoms with Crippen LogP contribution in [0.25, 0.3) is 0 Å². The van der Waals surface area contributed by atoms with Crippen molar-refractivity contribution in [2.45, 2.75) is 32.1 Å². The highest BCUT2D eigenvalue weighted by Crippen LogP contribution is 2.20. The molecule has 0 radical (unpaired) electrons. The Balaban J connectivity index is 1.54. The molecule has 0 fully saturated rings. The maximum atomic E-state index is 12.5. The van der Waals surface area contributed by atoms with Crippen molar-refractivity contribution in [2.75, 3.05) is 23.8 Å². The molecule has 1 aliphatic carbocycles. The molecule has 5 heteroatoms. The van der Waals surface area contributed by atoms with Gasteiger partial charge in [0.2, 0.25) is 0 Å². The highest BCUT2D eigenvalue weighted by Gasteiger charge is 2.15. The van der Waals surface area contributed by atoms with E-state index in [1.165, 1.54) is 37.5 Å². The van der Waals surface area contributed by atoms with Crippen LogP contribution in [0.3, 0.4) is 0 Å². The van der Waals surface area contributed by atoms with E-state index < -0.39 is 0 Å². The normalized spacial score (nSPS) is 13.9. The monoisotopic (exact) mass is 336 g/mol. The molecule has 1 aromatic carbocycles. The maximum absolute atomic E-state index is 12.5. The number of hydrogen-bond donors (Lipinski definition) is 1. The summed E-state index contributed by atoms with van der Waals surface area (Å²) in [6, 6.07) is 9.51. The number of rotatable bonds is 6. The van der Waals surface area contributed by atoms with Crippen LogP contribution >= 0.6 is 0 Å².